The molecule has 1 aromatic rings. The van der Waals surface area contributed by atoms with Crippen LogP contribution in [0, 0.1) is 22.6 Å². The van der Waals surface area contributed by atoms with Crippen LogP contribution in [0.4, 0.5) is 4.39 Å². The third-order valence-corrected chi connectivity index (χ3v) is 3.95. The number of pyridine rings is 1. The summed E-state index contributed by atoms with van der Waals surface area (Å²) in [5.74, 6) is -0.684. The van der Waals surface area contributed by atoms with E-state index in [0.717, 1.165) is 6.20 Å². The highest BCUT2D eigenvalue weighted by molar-refractivity contribution is 6.04. The number of halogens is 1. The number of rotatable bonds is 0. The Morgan fingerprint density at radius 3 is 2.90 bits per heavy atom. The predicted molar refractivity (Wildman–Crippen MR) is 67.8 cm³/mol. The van der Waals surface area contributed by atoms with Gasteiger partial charge in [-0.3, -0.25) is 9.78 Å². The van der Waals surface area contributed by atoms with Crippen molar-refractivity contribution in [1.29, 1.82) is 5.26 Å². The van der Waals surface area contributed by atoms with Crippen LogP contribution < -0.4 is 0 Å². The van der Waals surface area contributed by atoms with Crippen LogP contribution >= 0.6 is 0 Å². The molecule has 0 aromatic carbocycles. The van der Waals surface area contributed by atoms with Crippen LogP contribution in [0.3, 0.4) is 0 Å². The van der Waals surface area contributed by atoms with E-state index in [1.165, 1.54) is 6.08 Å². The van der Waals surface area contributed by atoms with Gasteiger partial charge in [0.2, 0.25) is 0 Å². The average Bonchev–Trinajstić information content (AvgIpc) is 2.74. The third kappa shape index (κ3) is 1.61. The van der Waals surface area contributed by atoms with Gasteiger partial charge >= 0.3 is 0 Å². The normalized spacial score (nSPS) is 27.1. The van der Waals surface area contributed by atoms with Crippen LogP contribution in [0.15, 0.2) is 24.0 Å². The van der Waals surface area contributed by atoms with Gasteiger partial charge in [-0.1, -0.05) is 13.8 Å². The van der Waals surface area contributed by atoms with E-state index in [1.807, 2.05) is 6.07 Å². The molecule has 1 aliphatic heterocycles. The zero-order valence-corrected chi connectivity index (χ0v) is 11.2. The topological polar surface area (TPSA) is 63.0 Å². The lowest BCUT2D eigenvalue weighted by Crippen LogP contribution is -2.41. The van der Waals surface area contributed by atoms with E-state index in [0.29, 0.717) is 17.5 Å². The Balaban J connectivity index is 2.25. The summed E-state index contributed by atoms with van der Waals surface area (Å²) in [6.45, 7) is 3.74. The first-order valence-electron chi connectivity index (χ1n) is 6.34. The lowest BCUT2D eigenvalue weighted by molar-refractivity contribution is -0.129. The van der Waals surface area contributed by atoms with Crippen LogP contribution in [-0.2, 0) is 21.7 Å². The Kier molecular flexibility index (Phi) is 2.57. The van der Waals surface area contributed by atoms with Crippen molar-refractivity contribution in [3.8, 4) is 6.07 Å². The molecule has 0 N–H and O–H groups in total. The maximum atomic E-state index is 14.2. The second-order valence-corrected chi connectivity index (χ2v) is 5.89. The fourth-order valence-electron chi connectivity index (χ4n) is 3.12. The fraction of sp³-hybridized carbons (Fsp3) is 0.400. The third-order valence-electron chi connectivity index (χ3n) is 3.95. The molecule has 0 radical (unpaired) electrons. The van der Waals surface area contributed by atoms with Crippen molar-refractivity contribution in [2.75, 3.05) is 0 Å². The van der Waals surface area contributed by atoms with E-state index >= 15 is 0 Å². The van der Waals surface area contributed by atoms with Gasteiger partial charge in [0.05, 0.1) is 18.4 Å². The van der Waals surface area contributed by atoms with Gasteiger partial charge in [-0.25, -0.2) is 4.39 Å². The van der Waals surface area contributed by atoms with E-state index < -0.39 is 16.8 Å². The van der Waals surface area contributed by atoms with Crippen LogP contribution in [0.1, 0.15) is 31.4 Å². The van der Waals surface area contributed by atoms with Gasteiger partial charge in [0.25, 0.3) is 0 Å². The molecule has 5 heteroatoms. The number of ketones is 1. The molecule has 0 saturated carbocycles. The molecule has 1 aliphatic carbocycles. The molecule has 2 heterocycles. The highest BCUT2D eigenvalue weighted by atomic mass is 19.1. The first-order chi connectivity index (χ1) is 9.39. The van der Waals surface area contributed by atoms with Crippen LogP contribution in [0.25, 0.3) is 0 Å². The zero-order chi connectivity index (χ0) is 14.5. The summed E-state index contributed by atoms with van der Waals surface area (Å²) in [5, 5.41) is 9.15. The highest BCUT2D eigenvalue weighted by Crippen LogP contribution is 2.50. The second-order valence-electron chi connectivity index (χ2n) is 5.89. The van der Waals surface area contributed by atoms with Gasteiger partial charge in [0.1, 0.15) is 17.5 Å². The van der Waals surface area contributed by atoms with Crippen molar-refractivity contribution in [3.63, 3.8) is 0 Å². The summed E-state index contributed by atoms with van der Waals surface area (Å²) in [7, 11) is 0. The van der Waals surface area contributed by atoms with Crippen molar-refractivity contribution in [1.82, 2.24) is 4.98 Å². The monoisotopic (exact) mass is 272 g/mol. The number of hydrogen-bond donors (Lipinski definition) is 0. The smallest absolute Gasteiger partial charge is 0.178 e. The van der Waals surface area contributed by atoms with Gasteiger partial charge in [-0.15, -0.1) is 0 Å². The van der Waals surface area contributed by atoms with Gasteiger partial charge in [0.15, 0.2) is 5.78 Å². The van der Waals surface area contributed by atoms with E-state index in [9.17, 15) is 9.18 Å². The summed E-state index contributed by atoms with van der Waals surface area (Å²) >= 11 is 0. The molecule has 3 rings (SSSR count). The van der Waals surface area contributed by atoms with Crippen LogP contribution in [0.2, 0.25) is 0 Å². The molecule has 4 nitrogen and oxygen atoms in total. The minimum Gasteiger partial charge on any atom is -0.361 e. The van der Waals surface area contributed by atoms with Crippen molar-refractivity contribution in [3.05, 3.63) is 41.0 Å². The van der Waals surface area contributed by atoms with Crippen molar-refractivity contribution in [2.45, 2.75) is 32.5 Å². The van der Waals surface area contributed by atoms with Gasteiger partial charge in [-0.2, -0.15) is 5.26 Å². The van der Waals surface area contributed by atoms with E-state index in [2.05, 4.69) is 4.98 Å². The SMILES string of the molecule is CC1(C)CC2(C=C(C#N)C1=O)OCc1cncc(F)c12. The number of nitriles is 1. The second kappa shape index (κ2) is 3.97. The molecule has 0 bridgehead atoms. The Morgan fingerprint density at radius 2 is 2.20 bits per heavy atom. The van der Waals surface area contributed by atoms with Crippen molar-refractivity contribution >= 4 is 5.78 Å². The maximum Gasteiger partial charge on any atom is 0.178 e. The molecular formula is C15H13FN2O2. The minimum absolute atomic E-state index is 0.0327. The van der Waals surface area contributed by atoms with Crippen LogP contribution in [-0.4, -0.2) is 10.8 Å². The molecule has 1 atom stereocenters. The molecule has 0 amide bonds. The number of ether oxygens (including phenoxy) is 1. The first kappa shape index (κ1) is 12.9. The first-order valence-corrected chi connectivity index (χ1v) is 6.34. The Hall–Kier alpha value is -2.06. The van der Waals surface area contributed by atoms with E-state index in [1.54, 1.807) is 20.0 Å². The Labute approximate surface area is 115 Å². The lowest BCUT2D eigenvalue weighted by Gasteiger charge is -2.38. The molecular weight excluding hydrogens is 259 g/mol. The summed E-state index contributed by atoms with van der Waals surface area (Å²) in [5.41, 5.74) is -0.697. The molecule has 20 heavy (non-hydrogen) atoms. The number of allylic oxidation sites excluding steroid dienone is 1. The summed E-state index contributed by atoms with van der Waals surface area (Å²) in [6.07, 6.45) is 4.49. The summed E-state index contributed by atoms with van der Waals surface area (Å²) in [6, 6.07) is 1.90. The number of carbonyl (C=O) groups is 1. The average molecular weight is 272 g/mol. The minimum atomic E-state index is -1.04. The number of carbonyl (C=O) groups excluding carboxylic acids is 1. The van der Waals surface area contributed by atoms with Gasteiger partial charge in [0, 0.05) is 22.7 Å². The quantitative estimate of drug-likeness (QED) is 0.727. The standard InChI is InChI=1S/C15H13FN2O2/c1-14(2)8-15(3-9(4-17)13(14)19)12-10(7-20-15)5-18-6-11(12)16/h3,5-6H,7-8H2,1-2H3. The molecule has 0 saturated heterocycles. The maximum absolute atomic E-state index is 14.2. The number of hydrogen-bond acceptors (Lipinski definition) is 4. The van der Waals surface area contributed by atoms with Crippen molar-refractivity contribution in [2.24, 2.45) is 5.41 Å². The van der Waals surface area contributed by atoms with Gasteiger partial charge in [-0.05, 0) is 12.5 Å². The Bertz CT molecular complexity index is 688. The zero-order valence-electron chi connectivity index (χ0n) is 11.2. The summed E-state index contributed by atoms with van der Waals surface area (Å²) in [4.78, 5) is 16.0. The molecule has 0 fully saturated rings. The van der Waals surface area contributed by atoms with Gasteiger partial charge < -0.3 is 4.74 Å². The number of aromatic nitrogens is 1. The predicted octanol–water partition coefficient (Wildman–Crippen LogP) is 2.40. The molecule has 1 unspecified atom stereocenters. The molecule has 1 spiro atoms. The van der Waals surface area contributed by atoms with E-state index in [4.69, 9.17) is 10.00 Å². The number of Topliss-reactive ketones (excluding diaryl/α,β-unsaturated/α-hetero) is 1. The Morgan fingerprint density at radius 1 is 1.45 bits per heavy atom. The van der Waals surface area contributed by atoms with Crippen molar-refractivity contribution < 1.29 is 13.9 Å². The summed E-state index contributed by atoms with van der Waals surface area (Å²) < 4.78 is 19.9. The number of fused-ring (bicyclic) bond motifs is 2. The fourth-order valence-corrected chi connectivity index (χ4v) is 3.12. The highest BCUT2D eigenvalue weighted by Gasteiger charge is 2.51. The number of nitrogens with zero attached hydrogens (tertiary/aromatic N) is 2. The molecule has 2 aliphatic rings. The largest absolute Gasteiger partial charge is 0.361 e. The molecule has 1 aromatic heterocycles. The van der Waals surface area contributed by atoms with Crippen LogP contribution in [0.5, 0.6) is 0 Å². The lowest BCUT2D eigenvalue weighted by atomic mass is 9.68. The van der Waals surface area contributed by atoms with E-state index in [-0.39, 0.29) is 18.0 Å². The molecule has 102 valence electrons.